The zero-order valence-electron chi connectivity index (χ0n) is 60.0. The molecule has 3 atom stereocenters. The molecule has 12 aromatic rings. The van der Waals surface area contributed by atoms with Crippen molar-refractivity contribution in [1.29, 1.82) is 0 Å². The van der Waals surface area contributed by atoms with Gasteiger partial charge >= 0.3 is 6.18 Å². The summed E-state index contributed by atoms with van der Waals surface area (Å²) in [4.78, 5) is 49.4. The number of aryl methyl sites for hydroxylation is 2. The van der Waals surface area contributed by atoms with Crippen LogP contribution in [0.3, 0.4) is 0 Å². The molecule has 0 saturated carbocycles. The number of carbonyl (C=O) groups excluding carboxylic acids is 3. The van der Waals surface area contributed by atoms with Crippen LogP contribution in [0.25, 0.3) is 63.6 Å². The van der Waals surface area contributed by atoms with E-state index in [-0.39, 0.29) is 33.7 Å². The van der Waals surface area contributed by atoms with E-state index in [2.05, 4.69) is 35.5 Å². The summed E-state index contributed by atoms with van der Waals surface area (Å²) in [5.41, 5.74) is 5.86. The fraction of sp³-hybridized carbons (Fsp3) is 0.276. The first-order valence-electron chi connectivity index (χ1n) is 35.9. The normalized spacial score (nSPS) is 16.2. The number of aromatic hydroxyl groups is 3. The van der Waals surface area contributed by atoms with Crippen LogP contribution in [0.15, 0.2) is 188 Å². The zero-order valence-corrected chi connectivity index (χ0v) is 63.2. The van der Waals surface area contributed by atoms with Gasteiger partial charge in [-0.2, -0.15) is 13.2 Å². The molecule has 0 aliphatic carbocycles. The summed E-state index contributed by atoms with van der Waals surface area (Å²) in [7, 11) is 0. The molecule has 0 spiro atoms. The molecule has 9 aromatic carbocycles. The molecule has 0 radical (unpaired) electrons. The smallest absolute Gasteiger partial charge is 0.417 e. The molecule has 3 N–H and O–H groups in total. The quantitative estimate of drug-likeness (QED) is 0.0464. The number of carbonyl (C=O) groups is 3. The lowest BCUT2D eigenvalue weighted by atomic mass is 9.96. The molecule has 15 rings (SSSR count). The molecule has 3 aliphatic rings. The topological polar surface area (TPSA) is 149 Å². The number of alkyl halides is 3. The summed E-state index contributed by atoms with van der Waals surface area (Å²) in [6.07, 6.45) is -0.947. The molecule has 3 saturated heterocycles. The van der Waals surface area contributed by atoms with Crippen molar-refractivity contribution < 1.29 is 61.5 Å². The van der Waals surface area contributed by atoms with Gasteiger partial charge in [-0.15, -0.1) is 34.0 Å². The molecule has 3 aromatic heterocycles. The van der Waals surface area contributed by atoms with Gasteiger partial charge in [0.1, 0.15) is 60.1 Å². The molecule has 0 bridgehead atoms. The van der Waals surface area contributed by atoms with E-state index in [4.69, 9.17) is 25.8 Å². The third-order valence-corrected chi connectivity index (χ3v) is 23.7. The van der Waals surface area contributed by atoms with E-state index in [1.165, 1.54) is 84.4 Å². The van der Waals surface area contributed by atoms with E-state index < -0.39 is 28.9 Å². The van der Waals surface area contributed by atoms with Crippen LogP contribution in [0.4, 0.5) is 17.6 Å². The van der Waals surface area contributed by atoms with Gasteiger partial charge in [0.2, 0.25) is 17.3 Å². The number of hydrogen-bond acceptors (Lipinski definition) is 15. The first-order chi connectivity index (χ1) is 51.5. The maximum Gasteiger partial charge on any atom is 0.417 e. The lowest BCUT2D eigenvalue weighted by Crippen LogP contribution is -2.25. The van der Waals surface area contributed by atoms with Gasteiger partial charge in [0.25, 0.3) is 0 Å². The second-order valence-electron chi connectivity index (χ2n) is 28.1. The van der Waals surface area contributed by atoms with Crippen molar-refractivity contribution in [3.05, 3.63) is 247 Å². The van der Waals surface area contributed by atoms with Crippen molar-refractivity contribution >= 4 is 93.2 Å². The Morgan fingerprint density at radius 3 is 1.15 bits per heavy atom. The Labute approximate surface area is 636 Å². The van der Waals surface area contributed by atoms with Crippen LogP contribution >= 0.6 is 45.6 Å². The second-order valence-corrected chi connectivity index (χ2v) is 31.7. The highest BCUT2D eigenvalue weighted by atomic mass is 35.5. The number of ketones is 3. The molecule has 6 heterocycles. The number of likely N-dealkylation sites (tertiary alicyclic amines) is 3. The van der Waals surface area contributed by atoms with E-state index in [0.717, 1.165) is 153 Å². The van der Waals surface area contributed by atoms with Gasteiger partial charge < -0.3 is 29.5 Å². The number of ether oxygens (including phenoxy) is 3. The molecule has 12 nitrogen and oxygen atoms in total. The van der Waals surface area contributed by atoms with Crippen LogP contribution < -0.4 is 14.2 Å². The summed E-state index contributed by atoms with van der Waals surface area (Å²) < 4.78 is 75.2. The Morgan fingerprint density at radius 1 is 0.449 bits per heavy atom. The number of phenolic OH excluding ortho intramolecular Hbond substituents is 3. The first kappa shape index (κ1) is 75.8. The van der Waals surface area contributed by atoms with Crippen LogP contribution in [0.2, 0.25) is 5.02 Å². The van der Waals surface area contributed by atoms with Gasteiger partial charge in [0.05, 0.1) is 20.2 Å². The molecular weight excluding hydrogens is 1440 g/mol. The Kier molecular flexibility index (Phi) is 23.6. The molecule has 3 fully saturated rings. The monoisotopic (exact) mass is 1520 g/mol. The molecule has 3 aliphatic heterocycles. The van der Waals surface area contributed by atoms with Crippen LogP contribution in [0, 0.1) is 37.4 Å². The minimum atomic E-state index is -4.66. The molecule has 20 heteroatoms. The van der Waals surface area contributed by atoms with Crippen molar-refractivity contribution in [1.82, 2.24) is 14.7 Å². The van der Waals surface area contributed by atoms with Gasteiger partial charge in [-0.1, -0.05) is 99.1 Å². The highest BCUT2D eigenvalue weighted by Crippen LogP contribution is 2.46. The Bertz CT molecular complexity index is 5000. The largest absolute Gasteiger partial charge is 0.508 e. The predicted octanol–water partition coefficient (Wildman–Crippen LogP) is 21.1. The van der Waals surface area contributed by atoms with Crippen molar-refractivity contribution in [2.24, 2.45) is 17.8 Å². The number of phenols is 3. The standard InChI is InChI=1S/C29H28ClNO3S.C29H26F3NO3S.C29H28FNO3S/c1-18-11-12-31(17-18)13-14-34-23-8-4-20(5-9-23)27-24-10-7-22(32)16-26(24)35-29(27)28(33)25-15-21(30)6-3-19(25)2;1-18-12-13-33(17-18)14-15-36-21-9-6-19(7-10-21)26-23-11-8-20(34)16-25(23)37-28(26)27(35)22-4-2-3-5-24(22)29(30,31)32;1-18-11-12-31(17-18)13-14-34-23-8-4-20(5-9-23)27-24-10-7-22(32)16-26(24)35-29(27)28(33)25-15-21(30)6-3-19(25)2/h3-10,15-16,18,32H,11-14,17H2,1-2H3;2-11,16,18,34H,12-15,17H2,1H3;3-10,15-16,18,32H,11-14,17H2,1-2H3/t3*18-/m111/s1. The third-order valence-electron chi connectivity index (χ3n) is 20.0. The van der Waals surface area contributed by atoms with Crippen molar-refractivity contribution in [2.75, 3.05) is 78.7 Å². The van der Waals surface area contributed by atoms with Crippen LogP contribution in [0.1, 0.15) is 102 Å². The minimum Gasteiger partial charge on any atom is -0.508 e. The summed E-state index contributed by atoms with van der Waals surface area (Å²) in [6.45, 7) is 21.8. The van der Waals surface area contributed by atoms with E-state index in [1.807, 2.05) is 97.9 Å². The number of nitrogens with zero attached hydrogens (tertiary/aromatic N) is 3. The zero-order chi connectivity index (χ0) is 75.2. The highest BCUT2D eigenvalue weighted by Gasteiger charge is 2.37. The number of hydrogen-bond donors (Lipinski definition) is 3. The van der Waals surface area contributed by atoms with Crippen LogP contribution in [-0.2, 0) is 6.18 Å². The van der Waals surface area contributed by atoms with Crippen LogP contribution in [-0.4, -0.2) is 126 Å². The molecule has 107 heavy (non-hydrogen) atoms. The Morgan fingerprint density at radius 2 is 0.794 bits per heavy atom. The fourth-order valence-corrected chi connectivity index (χ4v) is 18.1. The summed E-state index contributed by atoms with van der Waals surface area (Å²) in [6, 6.07) is 52.5. The number of benzene rings is 9. The first-order valence-corrected chi connectivity index (χ1v) is 38.8. The maximum atomic E-state index is 14.0. The minimum absolute atomic E-state index is 0.0196. The van der Waals surface area contributed by atoms with Crippen LogP contribution in [0.5, 0.6) is 34.5 Å². The number of halogens is 5. The molecular formula is C87H82ClF4N3O9S3. The van der Waals surface area contributed by atoms with E-state index in [1.54, 1.807) is 55.5 Å². The maximum absolute atomic E-state index is 14.0. The average molecular weight is 1520 g/mol. The van der Waals surface area contributed by atoms with Gasteiger partial charge in [-0.05, 0) is 220 Å². The van der Waals surface area contributed by atoms with Gasteiger partial charge in [-0.3, -0.25) is 29.1 Å². The van der Waals surface area contributed by atoms with E-state index >= 15 is 0 Å². The molecule has 0 unspecified atom stereocenters. The summed E-state index contributed by atoms with van der Waals surface area (Å²) in [5.74, 6) is 3.42. The van der Waals surface area contributed by atoms with Gasteiger partial charge in [-0.25, -0.2) is 4.39 Å². The van der Waals surface area contributed by atoms with Gasteiger partial charge in [0.15, 0.2) is 0 Å². The Balaban J connectivity index is 0.000000142. The average Bonchev–Trinajstić information content (AvgIpc) is 1.64. The second kappa shape index (κ2) is 33.4. The number of rotatable bonds is 21. The molecule has 0 amide bonds. The predicted molar refractivity (Wildman–Crippen MR) is 423 cm³/mol. The van der Waals surface area contributed by atoms with Gasteiger partial charge in [0, 0.05) is 108 Å². The lowest BCUT2D eigenvalue weighted by Gasteiger charge is -2.16. The summed E-state index contributed by atoms with van der Waals surface area (Å²) in [5, 5.41) is 33.0. The van der Waals surface area contributed by atoms with E-state index in [0.29, 0.717) is 78.6 Å². The summed E-state index contributed by atoms with van der Waals surface area (Å²) >= 11 is 9.99. The van der Waals surface area contributed by atoms with Crippen molar-refractivity contribution in [3.8, 4) is 67.9 Å². The third kappa shape index (κ3) is 17.9. The molecule has 552 valence electrons. The van der Waals surface area contributed by atoms with Crippen molar-refractivity contribution in [3.63, 3.8) is 0 Å². The van der Waals surface area contributed by atoms with Crippen molar-refractivity contribution in [2.45, 2.75) is 60.1 Å². The SMILES string of the molecule is C[C@@H]1CCN(CCOc2ccc(-c3c(C(=O)c4ccccc4C(F)(F)F)sc4cc(O)ccc34)cc2)C1.Cc1ccc(Cl)cc1C(=O)c1sc2cc(O)ccc2c1-c1ccc(OCCN2CC[C@@H](C)C2)cc1.Cc1ccc(F)cc1C(=O)c1sc2cc(O)ccc2c1-c1ccc(OCCN2CC[C@@H](C)C2)cc1. The lowest BCUT2D eigenvalue weighted by molar-refractivity contribution is -0.137. The highest BCUT2D eigenvalue weighted by molar-refractivity contribution is 7.22. The number of fused-ring (bicyclic) bond motifs is 3. The number of thiophene rings is 3. The fourth-order valence-electron chi connectivity index (χ4n) is 14.3. The van der Waals surface area contributed by atoms with E-state index in [9.17, 15) is 47.3 Å². The Hall–Kier alpha value is -9.44.